The van der Waals surface area contributed by atoms with E-state index < -0.39 is 5.97 Å². The molecule has 0 saturated carbocycles. The van der Waals surface area contributed by atoms with Gasteiger partial charge in [0.2, 0.25) is 0 Å². The second kappa shape index (κ2) is 8.25. The molecular weight excluding hydrogens is 220 g/mol. The van der Waals surface area contributed by atoms with E-state index in [-0.39, 0.29) is 11.5 Å². The molecule has 0 atom stereocenters. The van der Waals surface area contributed by atoms with E-state index >= 15 is 0 Å². The van der Waals surface area contributed by atoms with Gasteiger partial charge in [-0.1, -0.05) is 20.4 Å². The Labute approximate surface area is 104 Å². The standard InChI is InChI=1S/C13H24O4/c1-6-12(14)17-10-13(4,5)9-15-7-8-16-11(2)3/h6,11H,1,7-10H2,2-5H3. The van der Waals surface area contributed by atoms with Gasteiger partial charge in [0, 0.05) is 11.5 Å². The van der Waals surface area contributed by atoms with Crippen LogP contribution in [0.15, 0.2) is 12.7 Å². The van der Waals surface area contributed by atoms with Gasteiger partial charge >= 0.3 is 5.97 Å². The molecule has 0 fully saturated rings. The summed E-state index contributed by atoms with van der Waals surface area (Å²) in [7, 11) is 0. The first-order chi connectivity index (χ1) is 7.87. The molecule has 17 heavy (non-hydrogen) atoms. The van der Waals surface area contributed by atoms with Gasteiger partial charge < -0.3 is 14.2 Å². The molecule has 0 bridgehead atoms. The number of ether oxygens (including phenoxy) is 3. The van der Waals surface area contributed by atoms with Gasteiger partial charge in [0.1, 0.15) is 0 Å². The molecular formula is C13H24O4. The van der Waals surface area contributed by atoms with Gasteiger partial charge in [-0.2, -0.15) is 0 Å². The molecule has 0 heterocycles. The van der Waals surface area contributed by atoms with Crippen LogP contribution in [0, 0.1) is 5.41 Å². The zero-order chi connectivity index (χ0) is 13.3. The van der Waals surface area contributed by atoms with Crippen LogP contribution in [0.4, 0.5) is 0 Å². The van der Waals surface area contributed by atoms with Crippen molar-refractivity contribution in [1.29, 1.82) is 0 Å². The Bertz CT molecular complexity index is 234. The highest BCUT2D eigenvalue weighted by Crippen LogP contribution is 2.15. The molecule has 0 aromatic heterocycles. The Balaban J connectivity index is 3.63. The quantitative estimate of drug-likeness (QED) is 0.354. The van der Waals surface area contributed by atoms with Crippen LogP contribution in [0.2, 0.25) is 0 Å². The van der Waals surface area contributed by atoms with Crippen LogP contribution in [0.3, 0.4) is 0 Å². The van der Waals surface area contributed by atoms with Gasteiger partial charge in [-0.15, -0.1) is 0 Å². The van der Waals surface area contributed by atoms with Gasteiger partial charge in [0.25, 0.3) is 0 Å². The predicted molar refractivity (Wildman–Crippen MR) is 66.8 cm³/mol. The number of carbonyl (C=O) groups excluding carboxylic acids is 1. The highest BCUT2D eigenvalue weighted by atomic mass is 16.5. The van der Waals surface area contributed by atoms with E-state index in [4.69, 9.17) is 14.2 Å². The average molecular weight is 244 g/mol. The number of rotatable bonds is 9. The molecule has 0 amide bonds. The monoisotopic (exact) mass is 244 g/mol. The molecule has 0 aromatic carbocycles. The third kappa shape index (κ3) is 10.0. The van der Waals surface area contributed by atoms with Crippen molar-refractivity contribution < 1.29 is 19.0 Å². The summed E-state index contributed by atoms with van der Waals surface area (Å²) in [5.41, 5.74) is -0.198. The van der Waals surface area contributed by atoms with Crippen molar-refractivity contribution in [2.45, 2.75) is 33.8 Å². The average Bonchev–Trinajstić information content (AvgIpc) is 2.25. The molecule has 0 aliphatic heterocycles. The molecule has 0 N–H and O–H groups in total. The SMILES string of the molecule is C=CC(=O)OCC(C)(C)COCCOC(C)C. The smallest absolute Gasteiger partial charge is 0.330 e. The Morgan fingerprint density at radius 1 is 1.29 bits per heavy atom. The Morgan fingerprint density at radius 3 is 2.47 bits per heavy atom. The maximum Gasteiger partial charge on any atom is 0.330 e. The molecule has 0 unspecified atom stereocenters. The van der Waals surface area contributed by atoms with E-state index in [0.717, 1.165) is 6.08 Å². The van der Waals surface area contributed by atoms with E-state index in [2.05, 4.69) is 6.58 Å². The molecule has 4 heteroatoms. The molecule has 4 nitrogen and oxygen atoms in total. The lowest BCUT2D eigenvalue weighted by molar-refractivity contribution is -0.142. The molecule has 0 aliphatic rings. The van der Waals surface area contributed by atoms with Gasteiger partial charge in [-0.3, -0.25) is 0 Å². The normalized spacial score (nSPS) is 11.6. The Morgan fingerprint density at radius 2 is 1.94 bits per heavy atom. The zero-order valence-electron chi connectivity index (χ0n) is 11.3. The third-order valence-corrected chi connectivity index (χ3v) is 1.94. The van der Waals surface area contributed by atoms with Gasteiger partial charge in [-0.05, 0) is 13.8 Å². The van der Waals surface area contributed by atoms with Crippen LogP contribution < -0.4 is 0 Å². The minimum absolute atomic E-state index is 0.198. The number of hydrogen-bond donors (Lipinski definition) is 0. The molecule has 0 spiro atoms. The van der Waals surface area contributed by atoms with Crippen LogP contribution >= 0.6 is 0 Å². The van der Waals surface area contributed by atoms with Crippen LogP contribution in [-0.2, 0) is 19.0 Å². The molecule has 0 radical (unpaired) electrons. The third-order valence-electron chi connectivity index (χ3n) is 1.94. The Kier molecular flexibility index (Phi) is 7.83. The maximum atomic E-state index is 10.9. The van der Waals surface area contributed by atoms with Crippen molar-refractivity contribution >= 4 is 5.97 Å². The molecule has 100 valence electrons. The molecule has 0 saturated heterocycles. The summed E-state index contributed by atoms with van der Waals surface area (Å²) >= 11 is 0. The summed E-state index contributed by atoms with van der Waals surface area (Å²) in [6.07, 6.45) is 1.38. The fourth-order valence-electron chi connectivity index (χ4n) is 1.06. The van der Waals surface area contributed by atoms with Crippen LogP contribution in [0.1, 0.15) is 27.7 Å². The number of carbonyl (C=O) groups is 1. The number of hydrogen-bond acceptors (Lipinski definition) is 4. The van der Waals surface area contributed by atoms with Gasteiger partial charge in [-0.25, -0.2) is 4.79 Å². The van der Waals surface area contributed by atoms with Crippen molar-refractivity contribution in [2.75, 3.05) is 26.4 Å². The van der Waals surface area contributed by atoms with Crippen molar-refractivity contribution in [3.05, 3.63) is 12.7 Å². The van der Waals surface area contributed by atoms with Crippen molar-refractivity contribution in [3.8, 4) is 0 Å². The zero-order valence-corrected chi connectivity index (χ0v) is 11.3. The summed E-state index contributed by atoms with van der Waals surface area (Å²) in [5, 5.41) is 0. The van der Waals surface area contributed by atoms with E-state index in [0.29, 0.717) is 26.4 Å². The van der Waals surface area contributed by atoms with Crippen LogP contribution in [-0.4, -0.2) is 38.5 Å². The highest BCUT2D eigenvalue weighted by Gasteiger charge is 2.20. The largest absolute Gasteiger partial charge is 0.462 e. The first kappa shape index (κ1) is 16.1. The van der Waals surface area contributed by atoms with Gasteiger partial charge in [0.05, 0.1) is 32.5 Å². The number of esters is 1. The lowest BCUT2D eigenvalue weighted by Gasteiger charge is -2.23. The van der Waals surface area contributed by atoms with Crippen LogP contribution in [0.5, 0.6) is 0 Å². The second-order valence-corrected chi connectivity index (χ2v) is 4.95. The summed E-state index contributed by atoms with van der Waals surface area (Å²) in [6, 6.07) is 0. The summed E-state index contributed by atoms with van der Waals surface area (Å²) in [5.74, 6) is -0.402. The molecule has 0 aliphatic carbocycles. The fraction of sp³-hybridized carbons (Fsp3) is 0.769. The predicted octanol–water partition coefficient (Wildman–Crippen LogP) is 2.18. The van der Waals surface area contributed by atoms with Crippen molar-refractivity contribution in [2.24, 2.45) is 5.41 Å². The van der Waals surface area contributed by atoms with Crippen LogP contribution in [0.25, 0.3) is 0 Å². The second-order valence-electron chi connectivity index (χ2n) is 4.95. The summed E-state index contributed by atoms with van der Waals surface area (Å²) in [6.45, 7) is 13.3. The van der Waals surface area contributed by atoms with E-state index in [9.17, 15) is 4.79 Å². The molecule has 0 rings (SSSR count). The van der Waals surface area contributed by atoms with E-state index in [1.165, 1.54) is 0 Å². The van der Waals surface area contributed by atoms with E-state index in [1.54, 1.807) is 0 Å². The highest BCUT2D eigenvalue weighted by molar-refractivity contribution is 5.81. The lowest BCUT2D eigenvalue weighted by atomic mass is 9.96. The first-order valence-corrected chi connectivity index (χ1v) is 5.86. The Hall–Kier alpha value is -0.870. The van der Waals surface area contributed by atoms with Crippen molar-refractivity contribution in [3.63, 3.8) is 0 Å². The topological polar surface area (TPSA) is 44.8 Å². The summed E-state index contributed by atoms with van der Waals surface area (Å²) < 4.78 is 15.8. The fourth-order valence-corrected chi connectivity index (χ4v) is 1.06. The van der Waals surface area contributed by atoms with Crippen molar-refractivity contribution in [1.82, 2.24) is 0 Å². The summed E-state index contributed by atoms with van der Waals surface area (Å²) in [4.78, 5) is 10.9. The van der Waals surface area contributed by atoms with Gasteiger partial charge in [0.15, 0.2) is 0 Å². The minimum atomic E-state index is -0.402. The first-order valence-electron chi connectivity index (χ1n) is 5.86. The maximum absolute atomic E-state index is 10.9. The minimum Gasteiger partial charge on any atom is -0.462 e. The molecule has 0 aromatic rings. The lowest BCUT2D eigenvalue weighted by Crippen LogP contribution is -2.27. The van der Waals surface area contributed by atoms with E-state index in [1.807, 2.05) is 27.7 Å².